The molecule has 6 heterocycles. The third-order valence-corrected chi connectivity index (χ3v) is 23.0. The van der Waals surface area contributed by atoms with E-state index >= 15 is 13.2 Å². The topological polar surface area (TPSA) is 361 Å². The van der Waals surface area contributed by atoms with E-state index in [0.29, 0.717) is 93.2 Å². The highest BCUT2D eigenvalue weighted by Gasteiger charge is 2.28. The van der Waals surface area contributed by atoms with Crippen molar-refractivity contribution in [2.45, 2.75) is 131 Å². The number of nitrogens with zero attached hydrogens (tertiary/aromatic N) is 9. The average Bonchev–Trinajstić information content (AvgIpc) is 1.62. The van der Waals surface area contributed by atoms with Crippen molar-refractivity contribution in [2.75, 3.05) is 38.5 Å². The van der Waals surface area contributed by atoms with Crippen molar-refractivity contribution in [3.05, 3.63) is 190 Å². The number of aryl methyl sites for hydroxylation is 3. The molecule has 15 rings (SSSR count). The van der Waals surface area contributed by atoms with Gasteiger partial charge in [0.25, 0.3) is 0 Å². The van der Waals surface area contributed by atoms with Crippen molar-refractivity contribution >= 4 is 135 Å². The van der Waals surface area contributed by atoms with Crippen LogP contribution < -0.4 is 36.1 Å². The summed E-state index contributed by atoms with van der Waals surface area (Å²) in [6.45, 7) is 5.59. The normalized spacial score (nSPS) is 14.7. The Balaban J connectivity index is 0.000000165. The molecule has 0 saturated heterocycles. The van der Waals surface area contributed by atoms with Gasteiger partial charge in [0.05, 0.1) is 50.1 Å². The van der Waals surface area contributed by atoms with Crippen LogP contribution in [0.25, 0.3) is 66.5 Å². The molecular formula is C73H77Cl3F3N15O7S3. The lowest BCUT2D eigenvalue weighted by molar-refractivity contribution is 0.403. The SMILES string of the molecule is COc1cc(C)ccc1S(=O)Nc1ccc(-c2cn(C3CCCC3)c3ncnc(N)c23)cc1F.Cc1cc(S(=O)Nc2ccc(-c3cn(C4CCCC4)c4ncnc(N)c34)cc2F)c(C)cc1Cl.Nc1ncnc2c1c(-c1ccc(NS(=O)c3cc(Cl)cc(Cl)c3)c(F)c1)cn2C1CCCC1.O.O.O. The van der Waals surface area contributed by atoms with E-state index in [9.17, 15) is 12.6 Å². The van der Waals surface area contributed by atoms with Crippen molar-refractivity contribution < 1.29 is 47.0 Å². The summed E-state index contributed by atoms with van der Waals surface area (Å²) in [6.07, 6.45) is 23.9. The van der Waals surface area contributed by atoms with Gasteiger partial charge < -0.3 is 52.1 Å². The standard InChI is InChI=1S/C25H25ClFN5OS.C25H26FN5O2S.C23H20Cl2FN5OS.3H2O/c1-14-10-22(15(2)9-19(14)26)34(33)31-21-8-7-16(11-20(21)27)18-12-32(17-5-3-4-6-17)25-23(18)24(28)29-13-30-25;1-15-7-10-22(21(11-15)33-2)34(32)30-20-9-8-16(12-19(20)26)18-13-31(17-5-3-4-6-17)25-23(18)24(27)28-14-29-25;24-14-8-15(25)10-17(9-14)33(32)30-20-6-5-13(7-19(20)26)18-11-31(16-3-1-2-4-16)23-21(18)22(27)28-12-29-23;;;/h7-13,17,31H,3-6H2,1-2H3,(H2,28,29,30);7-14,17,30H,3-6H2,1-2H3,(H2,27,28,29);5-12,16,30H,1-4H2,(H2,27,28,29);3*1H2. The molecule has 6 aromatic carbocycles. The summed E-state index contributed by atoms with van der Waals surface area (Å²) in [4.78, 5) is 27.3. The molecule has 3 saturated carbocycles. The Hall–Kier alpha value is -9.23. The van der Waals surface area contributed by atoms with Crippen LogP contribution in [0.4, 0.5) is 47.7 Å². The maximum Gasteiger partial charge on any atom is 0.154 e. The zero-order valence-electron chi connectivity index (χ0n) is 56.9. The van der Waals surface area contributed by atoms with Gasteiger partial charge >= 0.3 is 0 Å². The zero-order chi connectivity index (χ0) is 70.9. The number of nitrogens with one attached hydrogen (secondary N) is 3. The summed E-state index contributed by atoms with van der Waals surface area (Å²) in [5.74, 6) is -0.000946. The molecule has 6 aromatic heterocycles. The first-order valence-corrected chi connectivity index (χ1v) is 37.4. The molecule has 546 valence electrons. The van der Waals surface area contributed by atoms with Crippen LogP contribution >= 0.6 is 34.8 Å². The summed E-state index contributed by atoms with van der Waals surface area (Å²) < 4.78 is 104. The van der Waals surface area contributed by atoms with E-state index in [2.05, 4.69) is 57.8 Å². The molecule has 3 atom stereocenters. The summed E-state index contributed by atoms with van der Waals surface area (Å²) in [5, 5.41) is 3.46. The van der Waals surface area contributed by atoms with Crippen LogP contribution in [0.1, 0.15) is 112 Å². The fourth-order valence-corrected chi connectivity index (χ4v) is 17.6. The molecule has 22 nitrogen and oxygen atoms in total. The lowest BCUT2D eigenvalue weighted by atomic mass is 10.1. The highest BCUT2D eigenvalue weighted by molar-refractivity contribution is 7.87. The molecule has 3 unspecified atom stereocenters. The number of nitrogens with two attached hydrogens (primary N) is 3. The van der Waals surface area contributed by atoms with Gasteiger partial charge in [-0.25, -0.2) is 55.7 Å². The van der Waals surface area contributed by atoms with Gasteiger partial charge in [-0.05, 0) is 172 Å². The number of rotatable bonds is 16. The van der Waals surface area contributed by atoms with Gasteiger partial charge in [0.15, 0.2) is 22.0 Å². The molecule has 12 aromatic rings. The maximum absolute atomic E-state index is 15.2. The fraction of sp³-hybridized carbons (Fsp3) is 0.260. The van der Waals surface area contributed by atoms with E-state index in [-0.39, 0.29) is 33.5 Å². The first-order chi connectivity index (χ1) is 48.7. The van der Waals surface area contributed by atoms with Gasteiger partial charge in [0.1, 0.15) is 92.5 Å². The molecule has 0 aliphatic heterocycles. The average molecular weight is 1540 g/mol. The second kappa shape index (κ2) is 33.3. The number of anilines is 6. The number of methoxy groups -OCH3 is 1. The predicted octanol–water partition coefficient (Wildman–Crippen LogP) is 15.6. The lowest BCUT2D eigenvalue weighted by Gasteiger charge is -2.12. The number of ether oxygens (including phenoxy) is 1. The predicted molar refractivity (Wildman–Crippen MR) is 411 cm³/mol. The number of fused-ring (bicyclic) bond motifs is 3. The summed E-state index contributed by atoms with van der Waals surface area (Å²) in [6, 6.07) is 28.8. The minimum absolute atomic E-state index is 0. The number of nitrogen functional groups attached to an aromatic ring is 3. The van der Waals surface area contributed by atoms with Gasteiger partial charge in [0, 0.05) is 68.5 Å². The number of hydrogen-bond donors (Lipinski definition) is 6. The second-order valence-electron chi connectivity index (χ2n) is 25.4. The molecule has 31 heteroatoms. The number of aromatic nitrogens is 9. The Labute approximate surface area is 620 Å². The summed E-state index contributed by atoms with van der Waals surface area (Å²) in [7, 11) is -3.57. The van der Waals surface area contributed by atoms with Crippen molar-refractivity contribution in [1.29, 1.82) is 0 Å². The molecule has 104 heavy (non-hydrogen) atoms. The Morgan fingerprint density at radius 3 is 1.18 bits per heavy atom. The summed E-state index contributed by atoms with van der Waals surface area (Å²) in [5.41, 5.74) is 28.2. The summed E-state index contributed by atoms with van der Waals surface area (Å²) >= 11 is 18.1. The Kier molecular flexibility index (Phi) is 24.7. The van der Waals surface area contributed by atoms with Crippen molar-refractivity contribution in [2.24, 2.45) is 0 Å². The molecule has 0 radical (unpaired) electrons. The number of halogens is 6. The highest BCUT2D eigenvalue weighted by atomic mass is 35.5. The smallest absolute Gasteiger partial charge is 0.154 e. The molecule has 0 bridgehead atoms. The largest absolute Gasteiger partial charge is 0.495 e. The van der Waals surface area contributed by atoms with E-state index in [1.807, 2.05) is 45.4 Å². The van der Waals surface area contributed by atoms with E-state index in [1.165, 1.54) is 101 Å². The van der Waals surface area contributed by atoms with Crippen LogP contribution in [0.5, 0.6) is 5.75 Å². The third kappa shape index (κ3) is 16.2. The highest BCUT2D eigenvalue weighted by Crippen LogP contribution is 2.44. The van der Waals surface area contributed by atoms with E-state index < -0.39 is 50.4 Å². The van der Waals surface area contributed by atoms with E-state index in [4.69, 9.17) is 56.7 Å². The Morgan fingerprint density at radius 2 is 0.817 bits per heavy atom. The molecule has 3 aliphatic rings. The fourth-order valence-electron chi connectivity index (χ4n) is 13.6. The second-order valence-corrected chi connectivity index (χ2v) is 30.2. The van der Waals surface area contributed by atoms with Crippen LogP contribution in [-0.2, 0) is 33.0 Å². The Bertz CT molecular complexity index is 5230. The van der Waals surface area contributed by atoms with Crippen molar-refractivity contribution in [3.63, 3.8) is 0 Å². The maximum atomic E-state index is 15.2. The van der Waals surface area contributed by atoms with Crippen LogP contribution in [0.3, 0.4) is 0 Å². The minimum atomic E-state index is -1.74. The number of benzene rings is 6. The number of hydrogen-bond acceptors (Lipinski definition) is 13. The van der Waals surface area contributed by atoms with E-state index in [0.717, 1.165) is 99.6 Å². The van der Waals surface area contributed by atoms with Crippen LogP contribution in [0, 0.1) is 38.2 Å². The van der Waals surface area contributed by atoms with Crippen LogP contribution in [0.2, 0.25) is 15.1 Å². The molecule has 3 aliphatic carbocycles. The van der Waals surface area contributed by atoms with Crippen LogP contribution in [-0.4, -0.2) is 79.8 Å². The molecule has 0 amide bonds. The van der Waals surface area contributed by atoms with Gasteiger partial charge in [-0.3, -0.25) is 14.2 Å². The van der Waals surface area contributed by atoms with E-state index in [1.54, 1.807) is 60.7 Å². The van der Waals surface area contributed by atoms with Crippen molar-refractivity contribution in [1.82, 2.24) is 43.6 Å². The van der Waals surface area contributed by atoms with Gasteiger partial charge in [-0.2, -0.15) is 0 Å². The first kappa shape index (κ1) is 77.4. The Morgan fingerprint density at radius 1 is 0.452 bits per heavy atom. The monoisotopic (exact) mass is 1530 g/mol. The van der Waals surface area contributed by atoms with Crippen molar-refractivity contribution in [3.8, 4) is 39.1 Å². The first-order valence-electron chi connectivity index (χ1n) is 32.9. The van der Waals surface area contributed by atoms with Crippen LogP contribution in [0.15, 0.2) is 155 Å². The molecular weight excluding hydrogens is 1460 g/mol. The van der Waals surface area contributed by atoms with Gasteiger partial charge in [-0.15, -0.1) is 0 Å². The van der Waals surface area contributed by atoms with Gasteiger partial charge in [-0.1, -0.05) is 97.6 Å². The minimum Gasteiger partial charge on any atom is -0.495 e. The third-order valence-electron chi connectivity index (χ3n) is 18.7. The molecule has 15 N–H and O–H groups in total. The molecule has 3 fully saturated rings. The lowest BCUT2D eigenvalue weighted by Crippen LogP contribution is -2.08. The molecule has 0 spiro atoms. The van der Waals surface area contributed by atoms with Gasteiger partial charge in [0.2, 0.25) is 0 Å². The quantitative estimate of drug-likeness (QED) is 0.0524. The zero-order valence-corrected chi connectivity index (χ0v) is 61.6.